The van der Waals surface area contributed by atoms with Gasteiger partial charge in [0.25, 0.3) is 5.24 Å². The third kappa shape index (κ3) is 2.99. The normalized spacial score (nSPS) is 10.3. The van der Waals surface area contributed by atoms with E-state index in [-0.39, 0.29) is 0 Å². The first-order valence-electron chi connectivity index (χ1n) is 6.10. The molecule has 2 aromatic rings. The SMILES string of the molecule is CCCc1ccc(-c2ccc(C(=O)Cl)cc2)cc1. The average Bonchev–Trinajstić information content (AvgIpc) is 2.40. The van der Waals surface area contributed by atoms with Gasteiger partial charge in [-0.15, -0.1) is 0 Å². The Morgan fingerprint density at radius 3 is 1.89 bits per heavy atom. The quantitative estimate of drug-likeness (QED) is 0.728. The molecule has 0 radical (unpaired) electrons. The molecule has 0 amide bonds. The number of carbonyl (C=O) groups excluding carboxylic acids is 1. The summed E-state index contributed by atoms with van der Waals surface area (Å²) in [5.41, 5.74) is 4.14. The van der Waals surface area contributed by atoms with Crippen LogP contribution in [0.5, 0.6) is 0 Å². The highest BCUT2D eigenvalue weighted by Gasteiger charge is 2.02. The maximum Gasteiger partial charge on any atom is 0.252 e. The van der Waals surface area contributed by atoms with Crippen LogP contribution >= 0.6 is 11.6 Å². The minimum Gasteiger partial charge on any atom is -0.276 e. The second kappa shape index (κ2) is 5.83. The van der Waals surface area contributed by atoms with Gasteiger partial charge in [-0.05, 0) is 46.8 Å². The Labute approximate surface area is 112 Å². The van der Waals surface area contributed by atoms with Gasteiger partial charge in [0.1, 0.15) is 0 Å². The zero-order chi connectivity index (χ0) is 13.0. The van der Waals surface area contributed by atoms with E-state index in [1.165, 1.54) is 5.56 Å². The molecule has 2 heteroatoms. The first-order valence-corrected chi connectivity index (χ1v) is 6.47. The van der Waals surface area contributed by atoms with Crippen LogP contribution in [0.25, 0.3) is 11.1 Å². The topological polar surface area (TPSA) is 17.1 Å². The maximum atomic E-state index is 11.0. The minimum atomic E-state index is -0.417. The van der Waals surface area contributed by atoms with Crippen LogP contribution in [0, 0.1) is 0 Å². The maximum absolute atomic E-state index is 11.0. The molecule has 1 nitrogen and oxygen atoms in total. The van der Waals surface area contributed by atoms with Crippen LogP contribution in [-0.2, 0) is 6.42 Å². The summed E-state index contributed by atoms with van der Waals surface area (Å²) in [7, 11) is 0. The summed E-state index contributed by atoms with van der Waals surface area (Å²) in [5, 5.41) is -0.417. The van der Waals surface area contributed by atoms with E-state index in [9.17, 15) is 4.79 Å². The van der Waals surface area contributed by atoms with Gasteiger partial charge in [-0.25, -0.2) is 0 Å². The van der Waals surface area contributed by atoms with Crippen molar-refractivity contribution in [2.75, 3.05) is 0 Å². The molecule has 92 valence electrons. The molecule has 0 heterocycles. The molecule has 0 aromatic heterocycles. The molecule has 0 unspecified atom stereocenters. The highest BCUT2D eigenvalue weighted by molar-refractivity contribution is 6.67. The lowest BCUT2D eigenvalue weighted by Gasteiger charge is -2.04. The molecule has 0 saturated heterocycles. The van der Waals surface area contributed by atoms with Gasteiger partial charge in [0, 0.05) is 5.56 Å². The van der Waals surface area contributed by atoms with Crippen molar-refractivity contribution in [1.82, 2.24) is 0 Å². The zero-order valence-electron chi connectivity index (χ0n) is 10.3. The summed E-state index contributed by atoms with van der Waals surface area (Å²) in [4.78, 5) is 11.0. The van der Waals surface area contributed by atoms with Crippen LogP contribution in [0.4, 0.5) is 0 Å². The van der Waals surface area contributed by atoms with Gasteiger partial charge >= 0.3 is 0 Å². The van der Waals surface area contributed by atoms with Crippen LogP contribution < -0.4 is 0 Å². The number of carbonyl (C=O) groups is 1. The summed E-state index contributed by atoms with van der Waals surface area (Å²) in [6, 6.07) is 15.9. The van der Waals surface area contributed by atoms with E-state index >= 15 is 0 Å². The lowest BCUT2D eigenvalue weighted by Crippen LogP contribution is -1.88. The first-order chi connectivity index (χ1) is 8.70. The van der Waals surface area contributed by atoms with Crippen molar-refractivity contribution in [3.05, 3.63) is 59.7 Å². The summed E-state index contributed by atoms with van der Waals surface area (Å²) in [6.07, 6.45) is 2.27. The van der Waals surface area contributed by atoms with Gasteiger partial charge in [0.05, 0.1) is 0 Å². The number of hydrogen-bond donors (Lipinski definition) is 0. The van der Waals surface area contributed by atoms with E-state index in [0.29, 0.717) is 5.56 Å². The van der Waals surface area contributed by atoms with E-state index in [4.69, 9.17) is 11.6 Å². The highest BCUT2D eigenvalue weighted by Crippen LogP contribution is 2.21. The number of halogens is 1. The molecule has 0 fully saturated rings. The summed E-state index contributed by atoms with van der Waals surface area (Å²) < 4.78 is 0. The van der Waals surface area contributed by atoms with Crippen LogP contribution in [0.15, 0.2) is 48.5 Å². The van der Waals surface area contributed by atoms with Crippen LogP contribution in [0.1, 0.15) is 29.3 Å². The van der Waals surface area contributed by atoms with E-state index in [1.807, 2.05) is 12.1 Å². The van der Waals surface area contributed by atoms with Crippen molar-refractivity contribution in [3.8, 4) is 11.1 Å². The van der Waals surface area contributed by atoms with Crippen molar-refractivity contribution in [2.45, 2.75) is 19.8 Å². The largest absolute Gasteiger partial charge is 0.276 e. The molecule has 2 aromatic carbocycles. The molecule has 0 bridgehead atoms. The Bertz CT molecular complexity index is 526. The average molecular weight is 259 g/mol. The van der Waals surface area contributed by atoms with Crippen molar-refractivity contribution in [2.24, 2.45) is 0 Å². The molecule has 0 saturated carbocycles. The number of aryl methyl sites for hydroxylation is 1. The molecule has 0 atom stereocenters. The van der Waals surface area contributed by atoms with E-state index in [1.54, 1.807) is 12.1 Å². The molecule has 0 aliphatic rings. The van der Waals surface area contributed by atoms with Gasteiger partial charge in [0.2, 0.25) is 0 Å². The van der Waals surface area contributed by atoms with Gasteiger partial charge in [0.15, 0.2) is 0 Å². The standard InChI is InChI=1S/C16H15ClO/c1-2-3-12-4-6-13(7-5-12)14-8-10-15(11-9-14)16(17)18/h4-11H,2-3H2,1H3. The monoisotopic (exact) mass is 258 g/mol. The summed E-state index contributed by atoms with van der Waals surface area (Å²) in [5.74, 6) is 0. The Kier molecular flexibility index (Phi) is 4.16. The lowest BCUT2D eigenvalue weighted by atomic mass is 10.0. The van der Waals surface area contributed by atoms with Crippen molar-refractivity contribution >= 4 is 16.8 Å². The Balaban J connectivity index is 2.23. The molecular weight excluding hydrogens is 244 g/mol. The number of rotatable bonds is 4. The molecule has 0 aliphatic heterocycles. The second-order valence-electron chi connectivity index (χ2n) is 4.30. The molecule has 0 aliphatic carbocycles. The summed E-state index contributed by atoms with van der Waals surface area (Å²) in [6.45, 7) is 2.18. The van der Waals surface area contributed by atoms with Crippen LogP contribution in [-0.4, -0.2) is 5.24 Å². The molecular formula is C16H15ClO. The Morgan fingerprint density at radius 2 is 1.44 bits per heavy atom. The fraction of sp³-hybridized carbons (Fsp3) is 0.188. The van der Waals surface area contributed by atoms with Crippen LogP contribution in [0.2, 0.25) is 0 Å². The predicted molar refractivity (Wildman–Crippen MR) is 76.1 cm³/mol. The molecule has 0 spiro atoms. The number of benzene rings is 2. The molecule has 0 N–H and O–H groups in total. The lowest BCUT2D eigenvalue weighted by molar-refractivity contribution is 0.108. The number of hydrogen-bond acceptors (Lipinski definition) is 1. The molecule has 2 rings (SSSR count). The fourth-order valence-corrected chi connectivity index (χ4v) is 2.07. The minimum absolute atomic E-state index is 0.417. The van der Waals surface area contributed by atoms with E-state index in [0.717, 1.165) is 24.0 Å². The van der Waals surface area contributed by atoms with Crippen molar-refractivity contribution in [1.29, 1.82) is 0 Å². The Morgan fingerprint density at radius 1 is 0.944 bits per heavy atom. The van der Waals surface area contributed by atoms with Crippen LogP contribution in [0.3, 0.4) is 0 Å². The first kappa shape index (κ1) is 12.8. The van der Waals surface area contributed by atoms with E-state index < -0.39 is 5.24 Å². The summed E-state index contributed by atoms with van der Waals surface area (Å²) >= 11 is 5.42. The van der Waals surface area contributed by atoms with Gasteiger partial charge in [-0.2, -0.15) is 0 Å². The van der Waals surface area contributed by atoms with Crippen molar-refractivity contribution in [3.63, 3.8) is 0 Å². The van der Waals surface area contributed by atoms with Crippen molar-refractivity contribution < 1.29 is 4.79 Å². The third-order valence-electron chi connectivity index (χ3n) is 2.94. The highest BCUT2D eigenvalue weighted by atomic mass is 35.5. The third-order valence-corrected chi connectivity index (χ3v) is 3.16. The second-order valence-corrected chi connectivity index (χ2v) is 4.64. The van der Waals surface area contributed by atoms with Gasteiger partial charge in [-0.1, -0.05) is 49.7 Å². The fourth-order valence-electron chi connectivity index (χ4n) is 1.95. The predicted octanol–water partition coefficient (Wildman–Crippen LogP) is 4.69. The smallest absolute Gasteiger partial charge is 0.252 e. The van der Waals surface area contributed by atoms with Gasteiger partial charge < -0.3 is 0 Å². The van der Waals surface area contributed by atoms with Gasteiger partial charge in [-0.3, -0.25) is 4.79 Å². The zero-order valence-corrected chi connectivity index (χ0v) is 11.1. The van der Waals surface area contributed by atoms with E-state index in [2.05, 4.69) is 31.2 Å². The Hall–Kier alpha value is -1.60. The molecule has 18 heavy (non-hydrogen) atoms.